The number of benzene rings is 4. The van der Waals surface area contributed by atoms with Crippen LogP contribution in [0.5, 0.6) is 0 Å². The fourth-order valence-corrected chi connectivity index (χ4v) is 7.45. The lowest BCUT2D eigenvalue weighted by atomic mass is 10.0. The van der Waals surface area contributed by atoms with Crippen molar-refractivity contribution in [3.63, 3.8) is 0 Å². The molecule has 7 heteroatoms. The van der Waals surface area contributed by atoms with Crippen molar-refractivity contribution in [1.82, 2.24) is 9.97 Å². The maximum Gasteiger partial charge on any atom is 0.171 e. The highest BCUT2D eigenvalue weighted by Gasteiger charge is 2.40. The largest absolute Gasteiger partial charge is 0.371 e. The molecule has 1 spiro atoms. The van der Waals surface area contributed by atoms with Gasteiger partial charge in [-0.2, -0.15) is 0 Å². The summed E-state index contributed by atoms with van der Waals surface area (Å²) < 4.78 is 11.8. The van der Waals surface area contributed by atoms with Crippen LogP contribution in [-0.4, -0.2) is 60.9 Å². The van der Waals surface area contributed by atoms with E-state index in [0.717, 1.165) is 91.2 Å². The molecule has 3 aliphatic rings. The maximum atomic E-state index is 11.6. The molecule has 0 N–H and O–H groups in total. The lowest BCUT2D eigenvalue weighted by molar-refractivity contribution is -0.169. The van der Waals surface area contributed by atoms with Gasteiger partial charge in [0, 0.05) is 85.1 Å². The zero-order valence-corrected chi connectivity index (χ0v) is 29.5. The molecule has 3 aliphatic heterocycles. The smallest absolute Gasteiger partial charge is 0.171 e. The molecule has 2 aromatic heterocycles. The van der Waals surface area contributed by atoms with E-state index >= 15 is 0 Å². The Balaban J connectivity index is 0.000000148. The number of fused-ring (bicyclic) bond motifs is 2. The number of aromatic nitrogens is 2. The summed E-state index contributed by atoms with van der Waals surface area (Å²) in [4.78, 5) is 26.1. The first-order chi connectivity index (χ1) is 24.9. The van der Waals surface area contributed by atoms with Gasteiger partial charge in [-0.25, -0.2) is 9.97 Å². The van der Waals surface area contributed by atoms with Crippen LogP contribution in [0, 0.1) is 13.8 Å². The molecule has 3 fully saturated rings. The molecular formula is C44H44N4O3. The number of anilines is 2. The van der Waals surface area contributed by atoms with Gasteiger partial charge in [-0.1, -0.05) is 96.1 Å². The molecule has 5 heterocycles. The van der Waals surface area contributed by atoms with Crippen molar-refractivity contribution in [2.45, 2.75) is 45.3 Å². The third-order valence-electron chi connectivity index (χ3n) is 10.4. The first-order valence-corrected chi connectivity index (χ1v) is 18.2. The second kappa shape index (κ2) is 14.3. The number of piperidine rings is 2. The summed E-state index contributed by atoms with van der Waals surface area (Å²) in [7, 11) is 0. The SMILES string of the molecule is Cc1ccc(-c2cc(N3CCC(=O)CC3)c3ccccc3n2)cc1.Cc1ccc(-c2cc(N3CCC4(CC3)OCCO4)c3ccccc3n2)cc1. The summed E-state index contributed by atoms with van der Waals surface area (Å²) in [5, 5.41) is 2.36. The Hall–Kier alpha value is -5.11. The van der Waals surface area contributed by atoms with E-state index in [0.29, 0.717) is 18.6 Å². The Labute approximate surface area is 299 Å². The minimum absolute atomic E-state index is 0.348. The van der Waals surface area contributed by atoms with Crippen molar-refractivity contribution in [2.75, 3.05) is 49.2 Å². The van der Waals surface area contributed by atoms with Gasteiger partial charge in [0.15, 0.2) is 5.79 Å². The fourth-order valence-electron chi connectivity index (χ4n) is 7.45. The van der Waals surface area contributed by atoms with Crippen molar-refractivity contribution < 1.29 is 14.3 Å². The third kappa shape index (κ3) is 7.09. The number of carbonyl (C=O) groups is 1. The average molecular weight is 677 g/mol. The average Bonchev–Trinajstić information content (AvgIpc) is 3.63. The van der Waals surface area contributed by atoms with E-state index in [-0.39, 0.29) is 5.79 Å². The van der Waals surface area contributed by atoms with Crippen molar-refractivity contribution >= 4 is 39.0 Å². The van der Waals surface area contributed by atoms with E-state index in [1.165, 1.54) is 27.9 Å². The van der Waals surface area contributed by atoms with Gasteiger partial charge in [-0.15, -0.1) is 0 Å². The van der Waals surface area contributed by atoms with E-state index < -0.39 is 0 Å². The van der Waals surface area contributed by atoms with E-state index in [9.17, 15) is 4.79 Å². The number of ether oxygens (including phenoxy) is 2. The molecule has 51 heavy (non-hydrogen) atoms. The van der Waals surface area contributed by atoms with Crippen LogP contribution < -0.4 is 9.80 Å². The summed E-state index contributed by atoms with van der Waals surface area (Å²) in [6.45, 7) is 9.09. The van der Waals surface area contributed by atoms with E-state index in [1.54, 1.807) is 0 Å². The molecule has 0 unspecified atom stereocenters. The van der Waals surface area contributed by atoms with Gasteiger partial charge < -0.3 is 19.3 Å². The van der Waals surface area contributed by atoms with E-state index in [4.69, 9.17) is 19.4 Å². The van der Waals surface area contributed by atoms with Crippen LogP contribution in [0.2, 0.25) is 0 Å². The highest BCUT2D eigenvalue weighted by Crippen LogP contribution is 2.37. The molecule has 6 aromatic rings. The summed E-state index contributed by atoms with van der Waals surface area (Å²) in [5.74, 6) is 0.0161. The Morgan fingerprint density at radius 1 is 0.569 bits per heavy atom. The normalized spacial score (nSPS) is 17.2. The molecule has 4 aromatic carbocycles. The minimum Gasteiger partial charge on any atom is -0.371 e. The molecule has 0 atom stereocenters. The monoisotopic (exact) mass is 676 g/mol. The first kappa shape index (κ1) is 33.1. The fraction of sp³-hybridized carbons (Fsp3) is 0.295. The van der Waals surface area contributed by atoms with Crippen LogP contribution in [0.25, 0.3) is 44.3 Å². The first-order valence-electron chi connectivity index (χ1n) is 18.2. The van der Waals surface area contributed by atoms with Crippen molar-refractivity contribution in [2.24, 2.45) is 0 Å². The van der Waals surface area contributed by atoms with E-state index in [2.05, 4.69) is 121 Å². The molecular weight excluding hydrogens is 633 g/mol. The summed E-state index contributed by atoms with van der Waals surface area (Å²) >= 11 is 0. The lowest BCUT2D eigenvalue weighted by Crippen LogP contribution is -2.45. The predicted octanol–water partition coefficient (Wildman–Crippen LogP) is 8.93. The van der Waals surface area contributed by atoms with Gasteiger partial charge in [0.1, 0.15) is 5.78 Å². The number of Topliss-reactive ketones (excluding diaryl/α,β-unsaturated/α-hetero) is 1. The Kier molecular flexibility index (Phi) is 9.24. The van der Waals surface area contributed by atoms with Crippen LogP contribution in [0.4, 0.5) is 11.4 Å². The molecule has 3 saturated heterocycles. The number of hydrogen-bond acceptors (Lipinski definition) is 7. The zero-order valence-electron chi connectivity index (χ0n) is 29.5. The number of aryl methyl sites for hydroxylation is 2. The molecule has 258 valence electrons. The van der Waals surface area contributed by atoms with Gasteiger partial charge in [-0.3, -0.25) is 4.79 Å². The second-order valence-corrected chi connectivity index (χ2v) is 13.9. The summed E-state index contributed by atoms with van der Waals surface area (Å²) in [6, 6.07) is 38.2. The van der Waals surface area contributed by atoms with Crippen LogP contribution in [0.15, 0.2) is 109 Å². The van der Waals surface area contributed by atoms with Crippen LogP contribution >= 0.6 is 0 Å². The van der Waals surface area contributed by atoms with Crippen molar-refractivity contribution in [1.29, 1.82) is 0 Å². The lowest BCUT2D eigenvalue weighted by Gasteiger charge is -2.39. The number of nitrogens with zero attached hydrogens (tertiary/aromatic N) is 4. The highest BCUT2D eigenvalue weighted by atomic mass is 16.7. The third-order valence-corrected chi connectivity index (χ3v) is 10.4. The van der Waals surface area contributed by atoms with Crippen LogP contribution in [0.1, 0.15) is 36.8 Å². The van der Waals surface area contributed by atoms with Crippen molar-refractivity contribution in [3.8, 4) is 22.5 Å². The highest BCUT2D eigenvalue weighted by molar-refractivity contribution is 5.96. The maximum absolute atomic E-state index is 11.6. The number of hydrogen-bond donors (Lipinski definition) is 0. The number of para-hydroxylation sites is 2. The Morgan fingerprint density at radius 3 is 1.47 bits per heavy atom. The van der Waals surface area contributed by atoms with Gasteiger partial charge in [0.25, 0.3) is 0 Å². The minimum atomic E-state index is -0.348. The molecule has 0 radical (unpaired) electrons. The number of ketones is 1. The molecule has 7 nitrogen and oxygen atoms in total. The zero-order chi connectivity index (χ0) is 34.8. The van der Waals surface area contributed by atoms with Crippen LogP contribution in [0.3, 0.4) is 0 Å². The van der Waals surface area contributed by atoms with Crippen molar-refractivity contribution in [3.05, 3.63) is 120 Å². The summed E-state index contributed by atoms with van der Waals surface area (Å²) in [6.07, 6.45) is 3.08. The molecule has 0 amide bonds. The van der Waals surface area contributed by atoms with E-state index in [1.807, 2.05) is 12.1 Å². The summed E-state index contributed by atoms with van der Waals surface area (Å²) in [5.41, 5.74) is 11.3. The quantitative estimate of drug-likeness (QED) is 0.185. The molecule has 0 saturated carbocycles. The predicted molar refractivity (Wildman–Crippen MR) is 206 cm³/mol. The standard InChI is InChI=1S/C23H24N2O2.C21H20N2O/c1-17-6-8-18(9-7-17)21-16-22(19-4-2-3-5-20(19)24-21)25-12-10-23(11-13-25)26-14-15-27-23;1-15-6-8-16(9-7-15)20-14-21(23-12-10-17(24)11-13-23)18-4-2-3-5-19(18)22-20/h2-9,16H,10-15H2,1H3;2-9,14H,10-13H2,1H3. The van der Waals surface area contributed by atoms with Gasteiger partial charge >= 0.3 is 0 Å². The number of rotatable bonds is 4. The Bertz CT molecular complexity index is 2150. The number of pyridine rings is 2. The second-order valence-electron chi connectivity index (χ2n) is 13.9. The van der Waals surface area contributed by atoms with Gasteiger partial charge in [-0.05, 0) is 38.1 Å². The number of carbonyl (C=O) groups excluding carboxylic acids is 1. The molecule has 0 bridgehead atoms. The Morgan fingerprint density at radius 2 is 1.00 bits per heavy atom. The topological polar surface area (TPSA) is 67.8 Å². The van der Waals surface area contributed by atoms with Gasteiger partial charge in [0.05, 0.1) is 35.6 Å². The van der Waals surface area contributed by atoms with Gasteiger partial charge in [0.2, 0.25) is 0 Å². The molecule has 9 rings (SSSR count). The molecule has 0 aliphatic carbocycles. The van der Waals surface area contributed by atoms with Crippen LogP contribution in [-0.2, 0) is 14.3 Å².